The predicted octanol–water partition coefficient (Wildman–Crippen LogP) is 4.64. The zero-order valence-corrected chi connectivity index (χ0v) is 17.5. The lowest BCUT2D eigenvalue weighted by molar-refractivity contribution is 0.0948. The second kappa shape index (κ2) is 8.41. The summed E-state index contributed by atoms with van der Waals surface area (Å²) < 4.78 is 7.46. The van der Waals surface area contributed by atoms with Crippen LogP contribution in [-0.2, 0) is 13.1 Å². The van der Waals surface area contributed by atoms with Crippen molar-refractivity contribution in [2.75, 3.05) is 7.11 Å². The van der Waals surface area contributed by atoms with E-state index in [2.05, 4.69) is 22.5 Å². The Morgan fingerprint density at radius 1 is 1.00 bits per heavy atom. The fraction of sp³-hybridized carbons (Fsp3) is 0.200. The van der Waals surface area contributed by atoms with Gasteiger partial charge in [-0.15, -0.1) is 0 Å². The van der Waals surface area contributed by atoms with Crippen LogP contribution in [-0.4, -0.2) is 22.8 Å². The van der Waals surface area contributed by atoms with Gasteiger partial charge in [0.1, 0.15) is 5.75 Å². The molecule has 0 saturated carbocycles. The fourth-order valence-corrected chi connectivity index (χ4v) is 3.73. The number of benzene rings is 3. The largest absolute Gasteiger partial charge is 0.496 e. The molecule has 1 amide bonds. The maximum Gasteiger partial charge on any atom is 0.255 e. The maximum absolute atomic E-state index is 12.9. The molecule has 0 fully saturated rings. The molecule has 0 aliphatic rings. The van der Waals surface area contributed by atoms with Crippen LogP contribution in [0.5, 0.6) is 5.75 Å². The SMILES string of the molecule is COc1cc2ccccc2cc1C(=O)NCc1c(C)nn(Cc2ccccc2)c1C. The second-order valence-corrected chi connectivity index (χ2v) is 7.37. The van der Waals surface area contributed by atoms with Crippen LogP contribution in [0.4, 0.5) is 0 Å². The molecule has 30 heavy (non-hydrogen) atoms. The van der Waals surface area contributed by atoms with Crippen LogP contribution < -0.4 is 10.1 Å². The maximum atomic E-state index is 12.9. The van der Waals surface area contributed by atoms with Crippen molar-refractivity contribution in [2.24, 2.45) is 0 Å². The monoisotopic (exact) mass is 399 g/mol. The molecule has 3 aromatic carbocycles. The van der Waals surface area contributed by atoms with E-state index in [1.807, 2.05) is 73.1 Å². The van der Waals surface area contributed by atoms with E-state index in [1.165, 1.54) is 5.56 Å². The van der Waals surface area contributed by atoms with Crippen molar-refractivity contribution >= 4 is 16.7 Å². The summed E-state index contributed by atoms with van der Waals surface area (Å²) in [6, 6.07) is 21.9. The molecule has 0 aliphatic carbocycles. The average Bonchev–Trinajstić information content (AvgIpc) is 3.04. The topological polar surface area (TPSA) is 56.1 Å². The normalized spacial score (nSPS) is 10.9. The van der Waals surface area contributed by atoms with Gasteiger partial charge in [-0.2, -0.15) is 5.10 Å². The van der Waals surface area contributed by atoms with E-state index < -0.39 is 0 Å². The standard InChI is InChI=1S/C25H25N3O2/c1-17-23(18(2)28(27-17)16-19-9-5-4-6-10-19)15-26-25(29)22-13-20-11-7-8-12-21(20)14-24(22)30-3/h4-14H,15-16H2,1-3H3,(H,26,29). The first-order valence-electron chi connectivity index (χ1n) is 9.98. The summed E-state index contributed by atoms with van der Waals surface area (Å²) in [6.45, 7) is 5.15. The minimum Gasteiger partial charge on any atom is -0.496 e. The number of rotatable bonds is 6. The lowest BCUT2D eigenvalue weighted by Gasteiger charge is -2.11. The number of aryl methyl sites for hydroxylation is 1. The number of methoxy groups -OCH3 is 1. The van der Waals surface area contributed by atoms with Crippen LogP contribution in [0, 0.1) is 13.8 Å². The number of carbonyl (C=O) groups excluding carboxylic acids is 1. The molecular formula is C25H25N3O2. The third kappa shape index (κ3) is 3.92. The molecule has 5 nitrogen and oxygen atoms in total. The first-order chi connectivity index (χ1) is 14.6. The van der Waals surface area contributed by atoms with Crippen molar-refractivity contribution in [1.82, 2.24) is 15.1 Å². The molecule has 0 aliphatic heterocycles. The molecule has 1 N–H and O–H groups in total. The van der Waals surface area contributed by atoms with Crippen LogP contribution >= 0.6 is 0 Å². The Kier molecular flexibility index (Phi) is 5.53. The molecule has 0 bridgehead atoms. The number of carbonyl (C=O) groups is 1. The van der Waals surface area contributed by atoms with Crippen molar-refractivity contribution < 1.29 is 9.53 Å². The second-order valence-electron chi connectivity index (χ2n) is 7.37. The zero-order valence-electron chi connectivity index (χ0n) is 17.5. The van der Waals surface area contributed by atoms with Crippen molar-refractivity contribution in [3.05, 3.63) is 94.8 Å². The Balaban J connectivity index is 1.54. The molecule has 0 radical (unpaired) electrons. The lowest BCUT2D eigenvalue weighted by Crippen LogP contribution is -2.24. The van der Waals surface area contributed by atoms with Crippen LogP contribution in [0.1, 0.15) is 32.9 Å². The number of fused-ring (bicyclic) bond motifs is 1. The number of aromatic nitrogens is 2. The van der Waals surface area contributed by atoms with E-state index in [0.717, 1.165) is 27.7 Å². The smallest absolute Gasteiger partial charge is 0.255 e. The molecule has 1 heterocycles. The van der Waals surface area contributed by atoms with Gasteiger partial charge >= 0.3 is 0 Å². The number of nitrogens with one attached hydrogen (secondary N) is 1. The fourth-order valence-electron chi connectivity index (χ4n) is 3.73. The average molecular weight is 399 g/mol. The Morgan fingerprint density at radius 3 is 2.37 bits per heavy atom. The predicted molar refractivity (Wildman–Crippen MR) is 119 cm³/mol. The summed E-state index contributed by atoms with van der Waals surface area (Å²) in [7, 11) is 1.59. The van der Waals surface area contributed by atoms with Gasteiger partial charge in [-0.25, -0.2) is 0 Å². The Morgan fingerprint density at radius 2 is 1.67 bits per heavy atom. The molecule has 5 heteroatoms. The van der Waals surface area contributed by atoms with E-state index in [4.69, 9.17) is 4.74 Å². The van der Waals surface area contributed by atoms with Crippen LogP contribution in [0.2, 0.25) is 0 Å². The number of nitrogens with zero attached hydrogens (tertiary/aromatic N) is 2. The Hall–Kier alpha value is -3.60. The summed E-state index contributed by atoms with van der Waals surface area (Å²) in [5.41, 5.74) is 4.75. The molecule has 0 spiro atoms. The third-order valence-electron chi connectivity index (χ3n) is 5.44. The third-order valence-corrected chi connectivity index (χ3v) is 5.44. The molecular weight excluding hydrogens is 374 g/mol. The molecule has 152 valence electrons. The van der Waals surface area contributed by atoms with Gasteiger partial charge in [-0.1, -0.05) is 54.6 Å². The van der Waals surface area contributed by atoms with Crippen LogP contribution in [0.3, 0.4) is 0 Å². The first-order valence-corrected chi connectivity index (χ1v) is 9.98. The van der Waals surface area contributed by atoms with Gasteiger partial charge < -0.3 is 10.1 Å². The highest BCUT2D eigenvalue weighted by Gasteiger charge is 2.16. The van der Waals surface area contributed by atoms with E-state index >= 15 is 0 Å². The molecule has 0 atom stereocenters. The zero-order chi connectivity index (χ0) is 21.1. The quantitative estimate of drug-likeness (QED) is 0.514. The summed E-state index contributed by atoms with van der Waals surface area (Å²) >= 11 is 0. The number of hydrogen-bond donors (Lipinski definition) is 1. The first kappa shape index (κ1) is 19.7. The molecule has 0 unspecified atom stereocenters. The van der Waals surface area contributed by atoms with Crippen molar-refractivity contribution in [1.29, 1.82) is 0 Å². The van der Waals surface area contributed by atoms with E-state index in [0.29, 0.717) is 24.4 Å². The lowest BCUT2D eigenvalue weighted by atomic mass is 10.1. The molecule has 4 rings (SSSR count). The Labute approximate surface area is 176 Å². The Bertz CT molecular complexity index is 1200. The minimum absolute atomic E-state index is 0.160. The molecule has 1 aromatic heterocycles. The highest BCUT2D eigenvalue weighted by atomic mass is 16.5. The summed E-state index contributed by atoms with van der Waals surface area (Å²) in [4.78, 5) is 12.9. The minimum atomic E-state index is -0.160. The number of amides is 1. The van der Waals surface area contributed by atoms with Crippen molar-refractivity contribution in [2.45, 2.75) is 26.9 Å². The van der Waals surface area contributed by atoms with E-state index in [1.54, 1.807) is 7.11 Å². The summed E-state index contributed by atoms with van der Waals surface area (Å²) in [6.07, 6.45) is 0. The van der Waals surface area contributed by atoms with E-state index in [-0.39, 0.29) is 5.91 Å². The van der Waals surface area contributed by atoms with Crippen molar-refractivity contribution in [3.8, 4) is 5.75 Å². The number of hydrogen-bond acceptors (Lipinski definition) is 3. The van der Waals surface area contributed by atoms with Crippen LogP contribution in [0.25, 0.3) is 10.8 Å². The number of ether oxygens (including phenoxy) is 1. The van der Waals surface area contributed by atoms with Crippen LogP contribution in [0.15, 0.2) is 66.7 Å². The van der Waals surface area contributed by atoms with Crippen molar-refractivity contribution in [3.63, 3.8) is 0 Å². The van der Waals surface area contributed by atoms with Gasteiger partial charge in [0, 0.05) is 17.8 Å². The molecule has 4 aromatic rings. The van der Waals surface area contributed by atoms with E-state index in [9.17, 15) is 4.79 Å². The van der Waals surface area contributed by atoms with Gasteiger partial charge in [0.05, 0.1) is 24.9 Å². The van der Waals surface area contributed by atoms with Gasteiger partial charge in [0.2, 0.25) is 0 Å². The highest BCUT2D eigenvalue weighted by molar-refractivity contribution is 6.01. The van der Waals surface area contributed by atoms with Gasteiger partial charge in [0.25, 0.3) is 5.91 Å². The highest BCUT2D eigenvalue weighted by Crippen LogP contribution is 2.26. The van der Waals surface area contributed by atoms with Gasteiger partial charge in [-0.3, -0.25) is 9.48 Å². The molecule has 0 saturated heterocycles. The van der Waals surface area contributed by atoms with Gasteiger partial charge in [0.15, 0.2) is 0 Å². The summed E-state index contributed by atoms with van der Waals surface area (Å²) in [5.74, 6) is 0.409. The van der Waals surface area contributed by atoms with Gasteiger partial charge in [-0.05, 0) is 42.3 Å². The summed E-state index contributed by atoms with van der Waals surface area (Å²) in [5, 5.41) is 9.76.